The maximum atomic E-state index is 11.9. The van der Waals surface area contributed by atoms with Crippen LogP contribution in [0.1, 0.15) is 26.2 Å². The fourth-order valence-electron chi connectivity index (χ4n) is 1.68. The van der Waals surface area contributed by atoms with Gasteiger partial charge in [-0.25, -0.2) is 4.79 Å². The molecule has 1 aliphatic rings. The van der Waals surface area contributed by atoms with E-state index in [1.54, 1.807) is 18.7 Å². The smallest absolute Gasteiger partial charge is 0.326 e. The number of hydrogen-bond donors (Lipinski definition) is 3. The van der Waals surface area contributed by atoms with E-state index < -0.39 is 17.6 Å². The Bertz CT molecular complexity index is 303. The van der Waals surface area contributed by atoms with Gasteiger partial charge in [-0.1, -0.05) is 0 Å². The van der Waals surface area contributed by atoms with Gasteiger partial charge in [-0.3, -0.25) is 4.79 Å². The lowest BCUT2D eigenvalue weighted by molar-refractivity contribution is -0.142. The summed E-state index contributed by atoms with van der Waals surface area (Å²) in [5.41, 5.74) is 5.00. The Labute approximate surface area is 106 Å². The van der Waals surface area contributed by atoms with Crippen molar-refractivity contribution < 1.29 is 14.7 Å². The van der Waals surface area contributed by atoms with Crippen molar-refractivity contribution in [1.82, 2.24) is 5.32 Å². The molecule has 2 atom stereocenters. The maximum Gasteiger partial charge on any atom is 0.326 e. The van der Waals surface area contributed by atoms with Crippen molar-refractivity contribution in [2.24, 2.45) is 11.7 Å². The van der Waals surface area contributed by atoms with E-state index in [1.807, 2.05) is 6.26 Å². The Morgan fingerprint density at radius 3 is 2.59 bits per heavy atom. The first kappa shape index (κ1) is 14.3. The maximum absolute atomic E-state index is 11.9. The van der Waals surface area contributed by atoms with E-state index in [9.17, 15) is 9.59 Å². The molecule has 1 aliphatic carbocycles. The molecule has 0 aliphatic heterocycles. The highest BCUT2D eigenvalue weighted by Crippen LogP contribution is 2.38. The average molecular weight is 260 g/mol. The molecule has 5 nitrogen and oxygen atoms in total. The highest BCUT2D eigenvalue weighted by molar-refractivity contribution is 7.98. The summed E-state index contributed by atoms with van der Waals surface area (Å²) in [6.07, 6.45) is 4.22. The van der Waals surface area contributed by atoms with Crippen LogP contribution >= 0.6 is 11.8 Å². The van der Waals surface area contributed by atoms with Gasteiger partial charge >= 0.3 is 5.97 Å². The Morgan fingerprint density at radius 2 is 2.18 bits per heavy atom. The number of aliphatic carboxylic acids is 1. The van der Waals surface area contributed by atoms with Gasteiger partial charge in [-0.05, 0) is 44.1 Å². The van der Waals surface area contributed by atoms with Gasteiger partial charge < -0.3 is 16.2 Å². The van der Waals surface area contributed by atoms with Crippen molar-refractivity contribution in [3.8, 4) is 0 Å². The fourth-order valence-corrected chi connectivity index (χ4v) is 2.15. The molecule has 0 aromatic carbocycles. The summed E-state index contributed by atoms with van der Waals surface area (Å²) in [4.78, 5) is 22.9. The van der Waals surface area contributed by atoms with Crippen LogP contribution in [0.2, 0.25) is 0 Å². The van der Waals surface area contributed by atoms with Crippen LogP contribution in [0.5, 0.6) is 0 Å². The monoisotopic (exact) mass is 260 g/mol. The normalized spacial score (nSPS) is 20.4. The van der Waals surface area contributed by atoms with Crippen LogP contribution < -0.4 is 11.1 Å². The molecule has 1 amide bonds. The number of carboxylic acid groups (broad SMARTS) is 1. The quantitative estimate of drug-likeness (QED) is 0.617. The lowest BCUT2D eigenvalue weighted by Crippen LogP contribution is -2.57. The molecule has 0 spiro atoms. The summed E-state index contributed by atoms with van der Waals surface area (Å²) >= 11 is 1.55. The van der Waals surface area contributed by atoms with E-state index >= 15 is 0 Å². The second-order valence-electron chi connectivity index (χ2n) is 4.70. The van der Waals surface area contributed by atoms with Gasteiger partial charge in [0.1, 0.15) is 6.04 Å². The van der Waals surface area contributed by atoms with E-state index in [1.165, 1.54) is 0 Å². The molecular weight excluding hydrogens is 240 g/mol. The van der Waals surface area contributed by atoms with Crippen LogP contribution in [0, 0.1) is 5.92 Å². The zero-order valence-corrected chi connectivity index (χ0v) is 11.0. The molecule has 4 N–H and O–H groups in total. The third-order valence-corrected chi connectivity index (χ3v) is 3.77. The van der Waals surface area contributed by atoms with Crippen molar-refractivity contribution in [3.63, 3.8) is 0 Å². The van der Waals surface area contributed by atoms with Gasteiger partial charge in [0.2, 0.25) is 5.91 Å². The van der Waals surface area contributed by atoms with Gasteiger partial charge in [-0.15, -0.1) is 0 Å². The predicted molar refractivity (Wildman–Crippen MR) is 67.9 cm³/mol. The molecule has 17 heavy (non-hydrogen) atoms. The predicted octanol–water partition coefficient (Wildman–Crippen LogP) is 0.436. The number of amides is 1. The van der Waals surface area contributed by atoms with E-state index in [2.05, 4.69) is 5.32 Å². The molecule has 1 rings (SSSR count). The van der Waals surface area contributed by atoms with Gasteiger partial charge in [0.05, 0.1) is 5.54 Å². The van der Waals surface area contributed by atoms with E-state index in [-0.39, 0.29) is 11.8 Å². The lowest BCUT2D eigenvalue weighted by atomic mass is 9.95. The summed E-state index contributed by atoms with van der Waals surface area (Å²) in [5, 5.41) is 11.5. The van der Waals surface area contributed by atoms with Crippen molar-refractivity contribution in [2.45, 2.75) is 37.8 Å². The lowest BCUT2D eigenvalue weighted by Gasteiger charge is -2.25. The Kier molecular flexibility index (Phi) is 4.82. The SMILES string of the molecule is CSCC[C@H](NC(=O)C(C)(N)C1CC1)C(=O)O. The number of rotatable bonds is 7. The average Bonchev–Trinajstić information content (AvgIpc) is 3.06. The number of thioether (sulfide) groups is 1. The number of nitrogens with two attached hydrogens (primary N) is 1. The summed E-state index contributed by atoms with van der Waals surface area (Å²) in [5.74, 6) is -0.466. The molecule has 0 radical (unpaired) electrons. The van der Waals surface area contributed by atoms with Gasteiger partial charge in [0, 0.05) is 0 Å². The molecule has 0 aromatic rings. The first-order chi connectivity index (χ1) is 7.89. The first-order valence-electron chi connectivity index (χ1n) is 5.71. The standard InChI is InChI=1S/C11H20N2O3S/c1-11(12,7-3-4-7)10(16)13-8(9(14)15)5-6-17-2/h7-8H,3-6,12H2,1-2H3,(H,13,16)(H,14,15)/t8-,11?/m0/s1. The topological polar surface area (TPSA) is 92.4 Å². The Balaban J connectivity index is 2.53. The molecule has 1 saturated carbocycles. The molecule has 0 heterocycles. The molecule has 1 fully saturated rings. The van der Waals surface area contributed by atoms with E-state index in [0.29, 0.717) is 12.2 Å². The zero-order valence-electron chi connectivity index (χ0n) is 10.2. The highest BCUT2D eigenvalue weighted by atomic mass is 32.2. The van der Waals surface area contributed by atoms with Gasteiger partial charge in [0.25, 0.3) is 0 Å². The minimum absolute atomic E-state index is 0.192. The number of nitrogens with one attached hydrogen (secondary N) is 1. The number of carbonyl (C=O) groups excluding carboxylic acids is 1. The van der Waals surface area contributed by atoms with Crippen LogP contribution in [0.15, 0.2) is 0 Å². The second-order valence-corrected chi connectivity index (χ2v) is 5.69. The Hall–Kier alpha value is -0.750. The molecule has 98 valence electrons. The third kappa shape index (κ3) is 3.89. The van der Waals surface area contributed by atoms with Crippen molar-refractivity contribution in [2.75, 3.05) is 12.0 Å². The highest BCUT2D eigenvalue weighted by Gasteiger charge is 2.44. The van der Waals surface area contributed by atoms with Crippen LogP contribution in [-0.4, -0.2) is 40.6 Å². The fraction of sp³-hybridized carbons (Fsp3) is 0.818. The number of carbonyl (C=O) groups is 2. The number of carboxylic acids is 1. The molecule has 0 saturated heterocycles. The van der Waals surface area contributed by atoms with Crippen LogP contribution in [0.3, 0.4) is 0 Å². The van der Waals surface area contributed by atoms with Crippen molar-refractivity contribution >= 4 is 23.6 Å². The first-order valence-corrected chi connectivity index (χ1v) is 7.10. The summed E-state index contributed by atoms with van der Waals surface area (Å²) in [6.45, 7) is 1.67. The van der Waals surface area contributed by atoms with E-state index in [0.717, 1.165) is 12.8 Å². The van der Waals surface area contributed by atoms with E-state index in [4.69, 9.17) is 10.8 Å². The van der Waals surface area contributed by atoms with Crippen LogP contribution in [-0.2, 0) is 9.59 Å². The summed E-state index contributed by atoms with van der Waals surface area (Å²) < 4.78 is 0. The van der Waals surface area contributed by atoms with Gasteiger partial charge in [0.15, 0.2) is 0 Å². The van der Waals surface area contributed by atoms with Crippen molar-refractivity contribution in [3.05, 3.63) is 0 Å². The minimum atomic E-state index is -1.00. The third-order valence-electron chi connectivity index (χ3n) is 3.13. The zero-order chi connectivity index (χ0) is 13.1. The largest absolute Gasteiger partial charge is 0.480 e. The second kappa shape index (κ2) is 5.73. The molecule has 1 unspecified atom stereocenters. The summed E-state index contributed by atoms with van der Waals surface area (Å²) in [6, 6.07) is -0.837. The summed E-state index contributed by atoms with van der Waals surface area (Å²) in [7, 11) is 0. The minimum Gasteiger partial charge on any atom is -0.480 e. The number of hydrogen-bond acceptors (Lipinski definition) is 4. The van der Waals surface area contributed by atoms with Gasteiger partial charge in [-0.2, -0.15) is 11.8 Å². The molecule has 0 aromatic heterocycles. The van der Waals surface area contributed by atoms with Crippen molar-refractivity contribution in [1.29, 1.82) is 0 Å². The molecular formula is C11H20N2O3S. The van der Waals surface area contributed by atoms with Crippen LogP contribution in [0.25, 0.3) is 0 Å². The van der Waals surface area contributed by atoms with Crippen LogP contribution in [0.4, 0.5) is 0 Å². The molecule has 6 heteroatoms. The Morgan fingerprint density at radius 1 is 1.59 bits per heavy atom. The molecule has 0 bridgehead atoms.